The highest BCUT2D eigenvalue weighted by molar-refractivity contribution is 5.83. The summed E-state index contributed by atoms with van der Waals surface area (Å²) in [5.41, 5.74) is 5.92. The molecule has 1 aliphatic carbocycles. The lowest BCUT2D eigenvalue weighted by Gasteiger charge is -2.29. The summed E-state index contributed by atoms with van der Waals surface area (Å²) in [5.74, 6) is 1.79. The van der Waals surface area contributed by atoms with E-state index in [1.165, 1.54) is 78.8 Å². The Kier molecular flexibility index (Phi) is 9.43. The van der Waals surface area contributed by atoms with Crippen LogP contribution in [0.2, 0.25) is 0 Å². The highest BCUT2D eigenvalue weighted by atomic mass is 14.3. The van der Waals surface area contributed by atoms with E-state index in [0.717, 1.165) is 37.5 Å². The summed E-state index contributed by atoms with van der Waals surface area (Å²) in [7, 11) is 0. The molecule has 180 valence electrons. The van der Waals surface area contributed by atoms with Crippen molar-refractivity contribution < 1.29 is 0 Å². The Balaban J connectivity index is 1.27. The molecule has 0 N–H and O–H groups in total. The largest absolute Gasteiger partial charge is 0.0917 e. The lowest BCUT2D eigenvalue weighted by molar-refractivity contribution is 0.303. The van der Waals surface area contributed by atoms with Crippen LogP contribution < -0.4 is 0 Å². The fraction of sp³-hybridized carbons (Fsp3) is 0.471. The van der Waals surface area contributed by atoms with Gasteiger partial charge in [0.05, 0.1) is 0 Å². The normalized spacial score (nSPS) is 18.6. The van der Waals surface area contributed by atoms with Crippen molar-refractivity contribution in [1.29, 1.82) is 0 Å². The zero-order chi connectivity index (χ0) is 23.6. The first-order valence-electron chi connectivity index (χ1n) is 14.0. The van der Waals surface area contributed by atoms with Gasteiger partial charge in [-0.15, -0.1) is 0 Å². The molecule has 0 heteroatoms. The number of hydrogen-bond acceptors (Lipinski definition) is 0. The third-order valence-corrected chi connectivity index (χ3v) is 8.02. The van der Waals surface area contributed by atoms with Crippen molar-refractivity contribution in [3.05, 3.63) is 95.1 Å². The average molecular weight is 453 g/mol. The zero-order valence-corrected chi connectivity index (χ0v) is 21.6. The molecule has 0 atom stereocenters. The Morgan fingerprint density at radius 3 is 1.97 bits per heavy atom. The average Bonchev–Trinajstić information content (AvgIpc) is 2.88. The summed E-state index contributed by atoms with van der Waals surface area (Å²) in [6, 6.07) is 23.6. The molecule has 0 unspecified atom stereocenters. The molecule has 0 nitrogen and oxygen atoms in total. The van der Waals surface area contributed by atoms with Crippen molar-refractivity contribution >= 4 is 10.8 Å². The second-order valence-electron chi connectivity index (χ2n) is 10.6. The van der Waals surface area contributed by atoms with Crippen LogP contribution in [-0.2, 0) is 19.3 Å². The predicted molar refractivity (Wildman–Crippen MR) is 150 cm³/mol. The number of fused-ring (bicyclic) bond motifs is 1. The molecular weight excluding hydrogens is 408 g/mol. The highest BCUT2D eigenvalue weighted by Gasteiger charge is 2.21. The Hall–Kier alpha value is -2.34. The third-order valence-electron chi connectivity index (χ3n) is 8.02. The first-order chi connectivity index (χ1) is 16.7. The van der Waals surface area contributed by atoms with Gasteiger partial charge in [0.15, 0.2) is 0 Å². The van der Waals surface area contributed by atoms with Gasteiger partial charge in [0, 0.05) is 0 Å². The minimum atomic E-state index is 0.792. The molecule has 0 saturated heterocycles. The van der Waals surface area contributed by atoms with Crippen LogP contribution >= 0.6 is 0 Å². The topological polar surface area (TPSA) is 0 Å². The fourth-order valence-corrected chi connectivity index (χ4v) is 5.78. The molecule has 1 fully saturated rings. The molecule has 1 saturated carbocycles. The molecule has 0 amide bonds. The number of rotatable bonds is 11. The highest BCUT2D eigenvalue weighted by Crippen LogP contribution is 2.37. The van der Waals surface area contributed by atoms with Crippen LogP contribution in [0.3, 0.4) is 0 Å². The van der Waals surface area contributed by atoms with Gasteiger partial charge in [-0.1, -0.05) is 105 Å². The van der Waals surface area contributed by atoms with Crippen LogP contribution in [0.1, 0.15) is 99.8 Å². The van der Waals surface area contributed by atoms with Crippen molar-refractivity contribution in [2.45, 2.75) is 96.8 Å². The van der Waals surface area contributed by atoms with Crippen LogP contribution in [0.4, 0.5) is 0 Å². The van der Waals surface area contributed by atoms with Crippen molar-refractivity contribution in [3.8, 4) is 0 Å². The Bertz CT molecular complexity index is 1030. The van der Waals surface area contributed by atoms with E-state index in [1.807, 2.05) is 0 Å². The minimum absolute atomic E-state index is 0.792. The molecule has 0 spiro atoms. The van der Waals surface area contributed by atoms with Crippen molar-refractivity contribution in [3.63, 3.8) is 0 Å². The number of allylic oxidation sites excluding steroid dienone is 2. The van der Waals surface area contributed by atoms with Crippen molar-refractivity contribution in [2.75, 3.05) is 0 Å². The number of aryl methyl sites for hydroxylation is 3. The smallest absolute Gasteiger partial charge is 0.0162 e. The van der Waals surface area contributed by atoms with Gasteiger partial charge in [-0.3, -0.25) is 0 Å². The summed E-state index contributed by atoms with van der Waals surface area (Å²) >= 11 is 0. The minimum Gasteiger partial charge on any atom is -0.0917 e. The van der Waals surface area contributed by atoms with Gasteiger partial charge in [-0.05, 0) is 103 Å². The monoisotopic (exact) mass is 452 g/mol. The van der Waals surface area contributed by atoms with Crippen LogP contribution in [0.15, 0.2) is 72.8 Å². The molecule has 3 aromatic rings. The van der Waals surface area contributed by atoms with E-state index in [1.54, 1.807) is 5.56 Å². The molecule has 3 aromatic carbocycles. The first kappa shape index (κ1) is 24.8. The molecule has 0 aromatic heterocycles. The maximum atomic E-state index is 2.42. The fourth-order valence-electron chi connectivity index (χ4n) is 5.78. The predicted octanol–water partition coefficient (Wildman–Crippen LogP) is 9.99. The van der Waals surface area contributed by atoms with Gasteiger partial charge in [0.25, 0.3) is 0 Å². The van der Waals surface area contributed by atoms with E-state index in [4.69, 9.17) is 0 Å². The molecule has 34 heavy (non-hydrogen) atoms. The SMILES string of the molecule is C/C=C/CCc1ccc2cc(CCc3ccc(C4CCC(CCCCC)CC4)cc3)ccc2c1. The summed E-state index contributed by atoms with van der Waals surface area (Å²) in [6.07, 6.45) is 20.2. The Morgan fingerprint density at radius 2 is 1.32 bits per heavy atom. The lowest BCUT2D eigenvalue weighted by atomic mass is 9.77. The van der Waals surface area contributed by atoms with E-state index in [0.29, 0.717) is 0 Å². The van der Waals surface area contributed by atoms with Crippen LogP contribution in [-0.4, -0.2) is 0 Å². The molecule has 0 bridgehead atoms. The van der Waals surface area contributed by atoms with Gasteiger partial charge in [0.2, 0.25) is 0 Å². The third kappa shape index (κ3) is 7.08. The van der Waals surface area contributed by atoms with Crippen molar-refractivity contribution in [1.82, 2.24) is 0 Å². The maximum Gasteiger partial charge on any atom is -0.0162 e. The van der Waals surface area contributed by atoms with Gasteiger partial charge in [0.1, 0.15) is 0 Å². The van der Waals surface area contributed by atoms with E-state index < -0.39 is 0 Å². The second-order valence-corrected chi connectivity index (χ2v) is 10.6. The summed E-state index contributed by atoms with van der Waals surface area (Å²) in [6.45, 7) is 4.41. The number of benzene rings is 3. The van der Waals surface area contributed by atoms with E-state index in [2.05, 4.69) is 86.7 Å². The van der Waals surface area contributed by atoms with E-state index in [-0.39, 0.29) is 0 Å². The molecule has 4 rings (SSSR count). The summed E-state index contributed by atoms with van der Waals surface area (Å²) in [4.78, 5) is 0. The van der Waals surface area contributed by atoms with Crippen LogP contribution in [0, 0.1) is 5.92 Å². The Morgan fingerprint density at radius 1 is 0.706 bits per heavy atom. The van der Waals surface area contributed by atoms with Gasteiger partial charge in [-0.25, -0.2) is 0 Å². The van der Waals surface area contributed by atoms with Crippen LogP contribution in [0.25, 0.3) is 10.8 Å². The van der Waals surface area contributed by atoms with Gasteiger partial charge < -0.3 is 0 Å². The standard InChI is InChI=1S/C34H44/c1-3-5-7-9-27-13-19-31(20-14-27)32-21-15-28(16-22-32)11-12-30-18-24-33-25-29(10-8-6-4-2)17-23-34(33)26-30/h4,6,15-18,21-27,31H,3,5,7-14,19-20H2,1-2H3/b6-4+. The lowest BCUT2D eigenvalue weighted by Crippen LogP contribution is -2.13. The van der Waals surface area contributed by atoms with Crippen LogP contribution in [0.5, 0.6) is 0 Å². The summed E-state index contributed by atoms with van der Waals surface area (Å²) < 4.78 is 0. The number of hydrogen-bond donors (Lipinski definition) is 0. The first-order valence-corrected chi connectivity index (χ1v) is 14.0. The molecule has 0 radical (unpaired) electrons. The second kappa shape index (κ2) is 12.9. The molecule has 1 aliphatic rings. The quantitative estimate of drug-likeness (QED) is 0.200. The molecule has 0 heterocycles. The van der Waals surface area contributed by atoms with Gasteiger partial charge in [-0.2, -0.15) is 0 Å². The summed E-state index contributed by atoms with van der Waals surface area (Å²) in [5, 5.41) is 2.74. The van der Waals surface area contributed by atoms with Crippen molar-refractivity contribution in [2.24, 2.45) is 5.92 Å². The molecule has 0 aliphatic heterocycles. The molecular formula is C34H44. The van der Waals surface area contributed by atoms with Gasteiger partial charge >= 0.3 is 0 Å². The number of unbranched alkanes of at least 4 members (excludes halogenated alkanes) is 2. The maximum absolute atomic E-state index is 2.42. The Labute approximate surface area is 208 Å². The van der Waals surface area contributed by atoms with E-state index in [9.17, 15) is 0 Å². The van der Waals surface area contributed by atoms with E-state index >= 15 is 0 Å². The zero-order valence-electron chi connectivity index (χ0n) is 21.6.